The molecule has 0 amide bonds. The summed E-state index contributed by atoms with van der Waals surface area (Å²) in [6, 6.07) is 10.0. The molecule has 0 radical (unpaired) electrons. The zero-order valence-electron chi connectivity index (χ0n) is 10.4. The van der Waals surface area contributed by atoms with Crippen molar-refractivity contribution in [1.82, 2.24) is 0 Å². The molecular formula is C15H18O3. The van der Waals surface area contributed by atoms with Gasteiger partial charge in [0.15, 0.2) is 5.79 Å². The Morgan fingerprint density at radius 2 is 1.78 bits per heavy atom. The molecule has 96 valence electrons. The summed E-state index contributed by atoms with van der Waals surface area (Å²) in [5.41, 5.74) is 0.641. The van der Waals surface area contributed by atoms with Crippen LogP contribution >= 0.6 is 0 Å². The van der Waals surface area contributed by atoms with Crippen molar-refractivity contribution >= 4 is 6.29 Å². The Morgan fingerprint density at radius 3 is 2.44 bits per heavy atom. The Kier molecular flexibility index (Phi) is 2.96. The minimum atomic E-state index is -0.519. The van der Waals surface area contributed by atoms with Gasteiger partial charge in [-0.25, -0.2) is 0 Å². The molecule has 3 nitrogen and oxygen atoms in total. The van der Waals surface area contributed by atoms with E-state index in [4.69, 9.17) is 9.47 Å². The lowest BCUT2D eigenvalue weighted by Gasteiger charge is -2.42. The predicted molar refractivity (Wildman–Crippen MR) is 67.3 cm³/mol. The zero-order chi connectivity index (χ0) is 12.5. The topological polar surface area (TPSA) is 35.5 Å². The van der Waals surface area contributed by atoms with Crippen molar-refractivity contribution in [1.29, 1.82) is 0 Å². The molecule has 0 aromatic heterocycles. The average Bonchev–Trinajstić information content (AvgIpc) is 2.87. The van der Waals surface area contributed by atoms with E-state index in [9.17, 15) is 4.79 Å². The first-order valence-corrected chi connectivity index (χ1v) is 6.58. The molecule has 0 unspecified atom stereocenters. The van der Waals surface area contributed by atoms with Crippen LogP contribution in [0.2, 0.25) is 0 Å². The smallest absolute Gasteiger partial charge is 0.169 e. The fourth-order valence-electron chi connectivity index (χ4n) is 3.26. The fourth-order valence-corrected chi connectivity index (χ4v) is 3.26. The molecule has 1 aliphatic heterocycles. The Hall–Kier alpha value is -1.19. The van der Waals surface area contributed by atoms with Crippen molar-refractivity contribution in [2.24, 2.45) is 0 Å². The summed E-state index contributed by atoms with van der Waals surface area (Å²) in [5, 5.41) is 0. The van der Waals surface area contributed by atoms with E-state index in [1.165, 1.54) is 0 Å². The van der Waals surface area contributed by atoms with Gasteiger partial charge in [-0.1, -0.05) is 30.3 Å². The minimum Gasteiger partial charge on any atom is -0.347 e. The van der Waals surface area contributed by atoms with E-state index in [2.05, 4.69) is 0 Å². The van der Waals surface area contributed by atoms with Crippen LogP contribution in [0.1, 0.15) is 31.2 Å². The summed E-state index contributed by atoms with van der Waals surface area (Å²) in [6.07, 6.45) is 4.49. The maximum Gasteiger partial charge on any atom is 0.169 e. The third-order valence-corrected chi connectivity index (χ3v) is 4.15. The summed E-state index contributed by atoms with van der Waals surface area (Å²) in [7, 11) is 0. The van der Waals surface area contributed by atoms with E-state index in [1.54, 1.807) is 0 Å². The highest BCUT2D eigenvalue weighted by Gasteiger charge is 2.49. The van der Waals surface area contributed by atoms with Gasteiger partial charge in [-0.05, 0) is 18.4 Å². The van der Waals surface area contributed by atoms with Crippen LogP contribution in [0.4, 0.5) is 0 Å². The molecule has 0 bridgehead atoms. The summed E-state index contributed by atoms with van der Waals surface area (Å²) in [4.78, 5) is 11.7. The second-order valence-electron chi connectivity index (χ2n) is 5.28. The standard InChI is InChI=1S/C15H18O3/c16-12-14(13-5-2-1-3-6-13)7-4-8-15(11-14)17-9-10-18-15/h1-3,5-6,12H,4,7-11H2/t14-/m1/s1. The highest BCUT2D eigenvalue weighted by Crippen LogP contribution is 2.46. The Morgan fingerprint density at radius 1 is 1.06 bits per heavy atom. The number of hydrogen-bond acceptors (Lipinski definition) is 3. The summed E-state index contributed by atoms with van der Waals surface area (Å²) in [6.45, 7) is 1.29. The largest absolute Gasteiger partial charge is 0.347 e. The monoisotopic (exact) mass is 246 g/mol. The predicted octanol–water partition coefficient (Wildman–Crippen LogP) is 2.44. The molecular weight excluding hydrogens is 228 g/mol. The van der Waals surface area contributed by atoms with Crippen molar-refractivity contribution in [3.8, 4) is 0 Å². The van der Waals surface area contributed by atoms with Gasteiger partial charge in [0.2, 0.25) is 0 Å². The van der Waals surface area contributed by atoms with Crippen LogP contribution in [0.3, 0.4) is 0 Å². The molecule has 18 heavy (non-hydrogen) atoms. The Balaban J connectivity index is 1.94. The van der Waals surface area contributed by atoms with Gasteiger partial charge in [-0.15, -0.1) is 0 Å². The third kappa shape index (κ3) is 1.88. The van der Waals surface area contributed by atoms with Crippen LogP contribution in [0.25, 0.3) is 0 Å². The SMILES string of the molecule is O=C[C@@]1(c2ccccc2)CCCC2(C1)OCCO2. The average molecular weight is 246 g/mol. The van der Waals surface area contributed by atoms with E-state index in [1.807, 2.05) is 30.3 Å². The van der Waals surface area contributed by atoms with Gasteiger partial charge >= 0.3 is 0 Å². The van der Waals surface area contributed by atoms with E-state index < -0.39 is 11.2 Å². The summed E-state index contributed by atoms with van der Waals surface area (Å²) in [5.74, 6) is -0.519. The second-order valence-corrected chi connectivity index (χ2v) is 5.28. The number of aldehydes is 1. The fraction of sp³-hybridized carbons (Fsp3) is 0.533. The molecule has 1 spiro atoms. The first-order chi connectivity index (χ1) is 8.79. The molecule has 0 N–H and O–H groups in total. The van der Waals surface area contributed by atoms with Crippen molar-refractivity contribution in [2.75, 3.05) is 13.2 Å². The number of rotatable bonds is 2. The molecule has 1 aliphatic carbocycles. The van der Waals surface area contributed by atoms with E-state index in [0.717, 1.165) is 31.1 Å². The van der Waals surface area contributed by atoms with Gasteiger partial charge in [0.25, 0.3) is 0 Å². The van der Waals surface area contributed by atoms with E-state index in [-0.39, 0.29) is 0 Å². The summed E-state index contributed by atoms with van der Waals surface area (Å²) < 4.78 is 11.6. The molecule has 1 saturated carbocycles. The molecule has 1 aromatic rings. The van der Waals surface area contributed by atoms with Crippen molar-refractivity contribution in [3.05, 3.63) is 35.9 Å². The lowest BCUT2D eigenvalue weighted by Crippen LogP contribution is -2.45. The van der Waals surface area contributed by atoms with E-state index in [0.29, 0.717) is 19.6 Å². The number of carbonyl (C=O) groups is 1. The number of benzene rings is 1. The van der Waals surface area contributed by atoms with Crippen LogP contribution in [0.5, 0.6) is 0 Å². The molecule has 3 rings (SSSR count). The quantitative estimate of drug-likeness (QED) is 0.752. The van der Waals surface area contributed by atoms with Crippen molar-refractivity contribution < 1.29 is 14.3 Å². The zero-order valence-corrected chi connectivity index (χ0v) is 10.4. The van der Waals surface area contributed by atoms with Gasteiger partial charge < -0.3 is 14.3 Å². The normalized spacial score (nSPS) is 30.4. The van der Waals surface area contributed by atoms with Crippen LogP contribution in [0.15, 0.2) is 30.3 Å². The van der Waals surface area contributed by atoms with Crippen molar-refractivity contribution in [2.45, 2.75) is 36.9 Å². The van der Waals surface area contributed by atoms with Crippen LogP contribution < -0.4 is 0 Å². The number of carbonyl (C=O) groups excluding carboxylic acids is 1. The second kappa shape index (κ2) is 4.48. The highest BCUT2D eigenvalue weighted by atomic mass is 16.7. The van der Waals surface area contributed by atoms with Crippen LogP contribution in [-0.2, 0) is 19.7 Å². The van der Waals surface area contributed by atoms with E-state index >= 15 is 0 Å². The van der Waals surface area contributed by atoms with Crippen LogP contribution in [0, 0.1) is 0 Å². The van der Waals surface area contributed by atoms with Gasteiger partial charge in [-0.2, -0.15) is 0 Å². The lowest BCUT2D eigenvalue weighted by molar-refractivity contribution is -0.190. The van der Waals surface area contributed by atoms with Gasteiger partial charge in [0.1, 0.15) is 6.29 Å². The maximum atomic E-state index is 11.7. The van der Waals surface area contributed by atoms with Crippen molar-refractivity contribution in [3.63, 3.8) is 0 Å². The van der Waals surface area contributed by atoms with Gasteiger partial charge in [0, 0.05) is 12.8 Å². The molecule has 1 heterocycles. The maximum absolute atomic E-state index is 11.7. The summed E-state index contributed by atoms with van der Waals surface area (Å²) >= 11 is 0. The van der Waals surface area contributed by atoms with Crippen LogP contribution in [-0.4, -0.2) is 25.3 Å². The number of hydrogen-bond donors (Lipinski definition) is 0. The Bertz CT molecular complexity index is 423. The minimum absolute atomic E-state index is 0.441. The number of ether oxygens (including phenoxy) is 2. The highest BCUT2D eigenvalue weighted by molar-refractivity contribution is 5.69. The Labute approximate surface area is 107 Å². The first kappa shape index (κ1) is 11.9. The third-order valence-electron chi connectivity index (χ3n) is 4.15. The molecule has 1 atom stereocenters. The molecule has 1 aromatic carbocycles. The van der Waals surface area contributed by atoms with Gasteiger partial charge in [0.05, 0.1) is 18.6 Å². The molecule has 2 aliphatic rings. The first-order valence-electron chi connectivity index (χ1n) is 6.58. The molecule has 1 saturated heterocycles. The lowest BCUT2D eigenvalue weighted by atomic mass is 9.68. The molecule has 3 heteroatoms. The van der Waals surface area contributed by atoms with Gasteiger partial charge in [-0.3, -0.25) is 0 Å². The molecule has 2 fully saturated rings.